The van der Waals surface area contributed by atoms with E-state index in [1.807, 2.05) is 20.2 Å². The second-order valence-electron chi connectivity index (χ2n) is 5.61. The van der Waals surface area contributed by atoms with E-state index in [1.54, 1.807) is 9.58 Å². The molecule has 1 fully saturated rings. The topological polar surface area (TPSA) is 87.5 Å². The van der Waals surface area contributed by atoms with Crippen LogP contribution in [0.2, 0.25) is 0 Å². The number of carbonyl (C=O) groups excluding carboxylic acids is 1. The van der Waals surface area contributed by atoms with Gasteiger partial charge in [0.15, 0.2) is 0 Å². The second-order valence-corrected chi connectivity index (χ2v) is 5.61. The number of carboxylic acids is 1. The van der Waals surface area contributed by atoms with E-state index in [2.05, 4.69) is 10.4 Å². The minimum Gasteiger partial charge on any atom is -0.481 e. The van der Waals surface area contributed by atoms with Crippen molar-refractivity contribution in [2.75, 3.05) is 13.1 Å². The van der Waals surface area contributed by atoms with Crippen molar-refractivity contribution in [1.82, 2.24) is 20.0 Å². The van der Waals surface area contributed by atoms with Crippen LogP contribution in [0.1, 0.15) is 30.5 Å². The standard InChI is InChI=1S/C14H22N4O3/c1-10-12(9-17(2)16-10)7-15-14(21)18-6-5-11(8-18)3-4-13(19)20/h9,11H,3-8H2,1-2H3,(H,15,21)(H,19,20). The van der Waals surface area contributed by atoms with E-state index in [1.165, 1.54) is 0 Å². The molecule has 1 unspecified atom stereocenters. The Kier molecular flexibility index (Phi) is 4.82. The molecule has 116 valence electrons. The molecule has 0 spiro atoms. The van der Waals surface area contributed by atoms with E-state index in [0.717, 1.165) is 17.7 Å². The Labute approximate surface area is 123 Å². The molecule has 1 aliphatic heterocycles. The molecule has 0 aliphatic carbocycles. The smallest absolute Gasteiger partial charge is 0.317 e. The highest BCUT2D eigenvalue weighted by Gasteiger charge is 2.26. The van der Waals surface area contributed by atoms with Crippen LogP contribution in [0.4, 0.5) is 4.79 Å². The SMILES string of the molecule is Cc1nn(C)cc1CNC(=O)N1CCC(CCC(=O)O)C1. The van der Waals surface area contributed by atoms with E-state index in [0.29, 0.717) is 32.0 Å². The fourth-order valence-electron chi connectivity index (χ4n) is 2.69. The van der Waals surface area contributed by atoms with E-state index in [4.69, 9.17) is 5.11 Å². The molecule has 7 nitrogen and oxygen atoms in total. The van der Waals surface area contributed by atoms with Crippen molar-refractivity contribution in [3.63, 3.8) is 0 Å². The Balaban J connectivity index is 1.77. The summed E-state index contributed by atoms with van der Waals surface area (Å²) >= 11 is 0. The van der Waals surface area contributed by atoms with Crippen molar-refractivity contribution in [1.29, 1.82) is 0 Å². The molecule has 7 heteroatoms. The van der Waals surface area contributed by atoms with E-state index in [9.17, 15) is 9.59 Å². The van der Waals surface area contributed by atoms with Gasteiger partial charge in [0.1, 0.15) is 0 Å². The van der Waals surface area contributed by atoms with E-state index in [-0.39, 0.29) is 12.5 Å². The Morgan fingerprint density at radius 1 is 1.52 bits per heavy atom. The summed E-state index contributed by atoms with van der Waals surface area (Å²) in [5, 5.41) is 15.8. The summed E-state index contributed by atoms with van der Waals surface area (Å²) in [6, 6.07) is -0.0870. The number of hydrogen-bond donors (Lipinski definition) is 2. The first-order valence-electron chi connectivity index (χ1n) is 7.19. The van der Waals surface area contributed by atoms with E-state index >= 15 is 0 Å². The first-order chi connectivity index (χ1) is 9.95. The largest absolute Gasteiger partial charge is 0.481 e. The Morgan fingerprint density at radius 2 is 2.29 bits per heavy atom. The highest BCUT2D eigenvalue weighted by atomic mass is 16.4. The highest BCUT2D eigenvalue weighted by Crippen LogP contribution is 2.21. The Hall–Kier alpha value is -2.05. The number of aliphatic carboxylic acids is 1. The molecule has 1 aromatic heterocycles. The number of likely N-dealkylation sites (tertiary alicyclic amines) is 1. The number of hydrogen-bond acceptors (Lipinski definition) is 3. The molecular weight excluding hydrogens is 272 g/mol. The number of carboxylic acid groups (broad SMARTS) is 1. The lowest BCUT2D eigenvalue weighted by atomic mass is 10.0. The summed E-state index contributed by atoms with van der Waals surface area (Å²) < 4.78 is 1.73. The molecule has 0 saturated carbocycles. The second kappa shape index (κ2) is 6.60. The lowest BCUT2D eigenvalue weighted by Crippen LogP contribution is -2.38. The van der Waals surface area contributed by atoms with Gasteiger partial charge in [0.05, 0.1) is 5.69 Å². The van der Waals surface area contributed by atoms with Crippen LogP contribution in [0, 0.1) is 12.8 Å². The Morgan fingerprint density at radius 3 is 2.90 bits per heavy atom. The minimum absolute atomic E-state index is 0.0870. The molecule has 2 N–H and O–H groups in total. The third-order valence-electron chi connectivity index (χ3n) is 3.88. The number of rotatable bonds is 5. The third kappa shape index (κ3) is 4.21. The number of aryl methyl sites for hydroxylation is 2. The van der Waals surface area contributed by atoms with Gasteiger partial charge in [-0.05, 0) is 25.7 Å². The summed E-state index contributed by atoms with van der Waals surface area (Å²) in [4.78, 5) is 24.4. The number of urea groups is 1. The lowest BCUT2D eigenvalue weighted by Gasteiger charge is -2.17. The normalized spacial score (nSPS) is 18.0. The van der Waals surface area contributed by atoms with Crippen LogP contribution in [0.15, 0.2) is 6.20 Å². The van der Waals surface area contributed by atoms with Crippen LogP contribution in [0.5, 0.6) is 0 Å². The van der Waals surface area contributed by atoms with Gasteiger partial charge in [-0.2, -0.15) is 5.10 Å². The van der Waals surface area contributed by atoms with Gasteiger partial charge in [0, 0.05) is 44.9 Å². The molecule has 1 aliphatic rings. The van der Waals surface area contributed by atoms with Gasteiger partial charge in [0.2, 0.25) is 0 Å². The first kappa shape index (κ1) is 15.3. The molecular formula is C14H22N4O3. The summed E-state index contributed by atoms with van der Waals surface area (Å²) in [5.74, 6) is -0.475. The maximum atomic E-state index is 12.1. The molecule has 0 radical (unpaired) electrons. The zero-order valence-corrected chi connectivity index (χ0v) is 12.5. The van der Waals surface area contributed by atoms with Crippen LogP contribution in [0.3, 0.4) is 0 Å². The van der Waals surface area contributed by atoms with Crippen molar-refractivity contribution in [2.45, 2.75) is 32.7 Å². The van der Waals surface area contributed by atoms with Crippen molar-refractivity contribution < 1.29 is 14.7 Å². The predicted octanol–water partition coefficient (Wildman–Crippen LogP) is 1.12. The molecule has 2 amide bonds. The first-order valence-corrected chi connectivity index (χ1v) is 7.19. The summed E-state index contributed by atoms with van der Waals surface area (Å²) in [6.45, 7) is 3.72. The van der Waals surface area contributed by atoms with Crippen molar-refractivity contribution in [2.24, 2.45) is 13.0 Å². The van der Waals surface area contributed by atoms with Gasteiger partial charge < -0.3 is 15.3 Å². The van der Waals surface area contributed by atoms with Gasteiger partial charge in [-0.25, -0.2) is 4.79 Å². The Bertz CT molecular complexity index is 526. The maximum absolute atomic E-state index is 12.1. The molecule has 2 rings (SSSR count). The van der Waals surface area contributed by atoms with Gasteiger partial charge in [-0.1, -0.05) is 0 Å². The summed E-state index contributed by atoms with van der Waals surface area (Å²) in [5.41, 5.74) is 1.92. The number of nitrogens with one attached hydrogen (secondary N) is 1. The number of carbonyl (C=O) groups is 2. The quantitative estimate of drug-likeness (QED) is 0.852. The molecule has 0 bridgehead atoms. The average molecular weight is 294 g/mol. The third-order valence-corrected chi connectivity index (χ3v) is 3.88. The maximum Gasteiger partial charge on any atom is 0.317 e. The molecule has 21 heavy (non-hydrogen) atoms. The molecule has 1 atom stereocenters. The lowest BCUT2D eigenvalue weighted by molar-refractivity contribution is -0.137. The zero-order valence-electron chi connectivity index (χ0n) is 12.5. The van der Waals surface area contributed by atoms with Gasteiger partial charge in [-0.15, -0.1) is 0 Å². The predicted molar refractivity (Wildman–Crippen MR) is 76.7 cm³/mol. The van der Waals surface area contributed by atoms with Crippen LogP contribution >= 0.6 is 0 Å². The van der Waals surface area contributed by atoms with Crippen molar-refractivity contribution in [3.8, 4) is 0 Å². The average Bonchev–Trinajstić information content (AvgIpc) is 3.00. The fraction of sp³-hybridized carbons (Fsp3) is 0.643. The van der Waals surface area contributed by atoms with Crippen LogP contribution in [-0.4, -0.2) is 44.9 Å². The van der Waals surface area contributed by atoms with Crippen LogP contribution < -0.4 is 5.32 Å². The summed E-state index contributed by atoms with van der Waals surface area (Å²) in [6.07, 6.45) is 3.59. The minimum atomic E-state index is -0.773. The fourth-order valence-corrected chi connectivity index (χ4v) is 2.69. The molecule has 1 aromatic rings. The molecule has 2 heterocycles. The number of nitrogens with zero attached hydrogens (tertiary/aromatic N) is 3. The van der Waals surface area contributed by atoms with Crippen molar-refractivity contribution >= 4 is 12.0 Å². The van der Waals surface area contributed by atoms with Crippen molar-refractivity contribution in [3.05, 3.63) is 17.5 Å². The number of aromatic nitrogens is 2. The molecule has 0 aromatic carbocycles. The summed E-state index contributed by atoms with van der Waals surface area (Å²) in [7, 11) is 1.85. The van der Waals surface area contributed by atoms with Gasteiger partial charge in [-0.3, -0.25) is 9.48 Å². The van der Waals surface area contributed by atoms with Gasteiger partial charge >= 0.3 is 12.0 Å². The zero-order chi connectivity index (χ0) is 15.4. The van der Waals surface area contributed by atoms with Crippen LogP contribution in [-0.2, 0) is 18.4 Å². The monoisotopic (exact) mass is 294 g/mol. The van der Waals surface area contributed by atoms with E-state index < -0.39 is 5.97 Å². The van der Waals surface area contributed by atoms with Crippen LogP contribution in [0.25, 0.3) is 0 Å². The number of amides is 2. The molecule has 1 saturated heterocycles. The van der Waals surface area contributed by atoms with Gasteiger partial charge in [0.25, 0.3) is 0 Å². The highest BCUT2D eigenvalue weighted by molar-refractivity contribution is 5.74.